The Bertz CT molecular complexity index is 357. The Labute approximate surface area is 119 Å². The van der Waals surface area contributed by atoms with Crippen LogP contribution in [0.1, 0.15) is 53.9 Å². The van der Waals surface area contributed by atoms with Gasteiger partial charge < -0.3 is 15.2 Å². The van der Waals surface area contributed by atoms with Crippen LogP contribution >= 0.6 is 0 Å². The van der Waals surface area contributed by atoms with E-state index in [-0.39, 0.29) is 31.1 Å². The SMILES string of the molecule is CC(C)[C@H](NC(=O)CCCC(=O)O)C(=O)OC(C)(C)C. The predicted octanol–water partition coefficient (Wildman–Crippen LogP) is 1.72. The molecule has 0 aliphatic rings. The minimum atomic E-state index is -0.939. The standard InChI is InChI=1S/C14H25NO5/c1-9(2)12(13(19)20-14(3,4)5)15-10(16)7-6-8-11(17)18/h9,12H,6-8H2,1-5H3,(H,15,16)(H,17,18)/t12-/m0/s1. The van der Waals surface area contributed by atoms with E-state index in [0.29, 0.717) is 0 Å². The minimum Gasteiger partial charge on any atom is -0.481 e. The maximum Gasteiger partial charge on any atom is 0.329 e. The first-order valence-corrected chi connectivity index (χ1v) is 6.77. The first-order chi connectivity index (χ1) is 9.03. The molecule has 0 aromatic rings. The van der Waals surface area contributed by atoms with Gasteiger partial charge in [-0.1, -0.05) is 13.8 Å². The van der Waals surface area contributed by atoms with Gasteiger partial charge in [-0.25, -0.2) is 4.79 Å². The van der Waals surface area contributed by atoms with Crippen molar-refractivity contribution in [3.05, 3.63) is 0 Å². The van der Waals surface area contributed by atoms with E-state index in [1.807, 2.05) is 13.8 Å². The number of hydrogen-bond donors (Lipinski definition) is 2. The van der Waals surface area contributed by atoms with E-state index in [0.717, 1.165) is 0 Å². The fourth-order valence-electron chi connectivity index (χ4n) is 1.51. The number of carbonyl (C=O) groups excluding carboxylic acids is 2. The molecule has 0 aliphatic carbocycles. The van der Waals surface area contributed by atoms with Crippen LogP contribution in [0.4, 0.5) is 0 Å². The van der Waals surface area contributed by atoms with Gasteiger partial charge in [-0.05, 0) is 33.1 Å². The molecule has 0 aromatic heterocycles. The summed E-state index contributed by atoms with van der Waals surface area (Å²) in [6.45, 7) is 8.91. The van der Waals surface area contributed by atoms with Crippen LogP contribution in [0.3, 0.4) is 0 Å². The van der Waals surface area contributed by atoms with E-state index in [9.17, 15) is 14.4 Å². The number of ether oxygens (including phenoxy) is 1. The fraction of sp³-hybridized carbons (Fsp3) is 0.786. The summed E-state index contributed by atoms with van der Waals surface area (Å²) in [6, 6.07) is -0.716. The van der Waals surface area contributed by atoms with Crippen molar-refractivity contribution >= 4 is 17.8 Å². The molecule has 6 heteroatoms. The van der Waals surface area contributed by atoms with Gasteiger partial charge in [0.15, 0.2) is 0 Å². The lowest BCUT2D eigenvalue weighted by atomic mass is 10.0. The van der Waals surface area contributed by atoms with Gasteiger partial charge in [0.25, 0.3) is 0 Å². The van der Waals surface area contributed by atoms with Crippen LogP contribution in [0.15, 0.2) is 0 Å². The van der Waals surface area contributed by atoms with E-state index in [2.05, 4.69) is 5.32 Å². The maximum absolute atomic E-state index is 12.0. The zero-order valence-corrected chi connectivity index (χ0v) is 12.9. The number of carboxylic acids is 1. The third kappa shape index (κ3) is 8.50. The van der Waals surface area contributed by atoms with Gasteiger partial charge >= 0.3 is 11.9 Å². The molecule has 0 aliphatic heterocycles. The topological polar surface area (TPSA) is 92.7 Å². The monoisotopic (exact) mass is 287 g/mol. The smallest absolute Gasteiger partial charge is 0.329 e. The molecule has 0 fully saturated rings. The van der Waals surface area contributed by atoms with E-state index in [1.54, 1.807) is 20.8 Å². The first-order valence-electron chi connectivity index (χ1n) is 6.77. The van der Waals surface area contributed by atoms with Gasteiger partial charge in [-0.15, -0.1) is 0 Å². The second-order valence-corrected chi connectivity index (χ2v) is 6.07. The van der Waals surface area contributed by atoms with Crippen molar-refractivity contribution in [1.82, 2.24) is 5.32 Å². The van der Waals surface area contributed by atoms with Crippen molar-refractivity contribution in [3.8, 4) is 0 Å². The molecule has 0 spiro atoms. The Kier molecular flexibility index (Phi) is 7.24. The molecule has 6 nitrogen and oxygen atoms in total. The summed E-state index contributed by atoms with van der Waals surface area (Å²) in [5.74, 6) is -1.85. The van der Waals surface area contributed by atoms with Crippen LogP contribution in [-0.4, -0.2) is 34.6 Å². The second kappa shape index (κ2) is 7.87. The van der Waals surface area contributed by atoms with Crippen LogP contribution in [0, 0.1) is 5.92 Å². The van der Waals surface area contributed by atoms with Crippen LogP contribution in [0.2, 0.25) is 0 Å². The molecule has 0 unspecified atom stereocenters. The molecular weight excluding hydrogens is 262 g/mol. The summed E-state index contributed by atoms with van der Waals surface area (Å²) in [6.07, 6.45) is 0.269. The molecule has 1 atom stereocenters. The lowest BCUT2D eigenvalue weighted by molar-refractivity contribution is -0.160. The molecular formula is C14H25NO5. The van der Waals surface area contributed by atoms with E-state index in [4.69, 9.17) is 9.84 Å². The Morgan fingerprint density at radius 1 is 1.15 bits per heavy atom. The van der Waals surface area contributed by atoms with Gasteiger partial charge in [0.1, 0.15) is 11.6 Å². The van der Waals surface area contributed by atoms with Gasteiger partial charge in [-0.2, -0.15) is 0 Å². The lowest BCUT2D eigenvalue weighted by Gasteiger charge is -2.26. The third-order valence-corrected chi connectivity index (χ3v) is 2.44. The van der Waals surface area contributed by atoms with Crippen molar-refractivity contribution in [2.75, 3.05) is 0 Å². The average molecular weight is 287 g/mol. The number of nitrogens with one attached hydrogen (secondary N) is 1. The molecule has 0 bridgehead atoms. The number of amides is 1. The molecule has 0 rings (SSSR count). The molecule has 0 saturated carbocycles. The van der Waals surface area contributed by atoms with Crippen molar-refractivity contribution in [3.63, 3.8) is 0 Å². The van der Waals surface area contributed by atoms with Gasteiger partial charge in [0.2, 0.25) is 5.91 Å². The van der Waals surface area contributed by atoms with Crippen molar-refractivity contribution in [2.24, 2.45) is 5.92 Å². The Hall–Kier alpha value is -1.59. The average Bonchev–Trinajstić information content (AvgIpc) is 2.22. The summed E-state index contributed by atoms with van der Waals surface area (Å²) in [7, 11) is 0. The van der Waals surface area contributed by atoms with Gasteiger partial charge in [0.05, 0.1) is 0 Å². The molecule has 1 amide bonds. The zero-order chi connectivity index (χ0) is 15.9. The zero-order valence-electron chi connectivity index (χ0n) is 12.9. The van der Waals surface area contributed by atoms with Gasteiger partial charge in [0, 0.05) is 12.8 Å². The van der Waals surface area contributed by atoms with Crippen molar-refractivity contribution in [2.45, 2.75) is 65.5 Å². The number of aliphatic carboxylic acids is 1. The summed E-state index contributed by atoms with van der Waals surface area (Å²) in [5, 5.41) is 11.1. The predicted molar refractivity (Wildman–Crippen MR) is 74.1 cm³/mol. The second-order valence-electron chi connectivity index (χ2n) is 6.07. The van der Waals surface area contributed by atoms with Crippen molar-refractivity contribution in [1.29, 1.82) is 0 Å². The number of rotatable bonds is 7. The van der Waals surface area contributed by atoms with E-state index >= 15 is 0 Å². The quantitative estimate of drug-likeness (QED) is 0.695. The highest BCUT2D eigenvalue weighted by Crippen LogP contribution is 2.12. The van der Waals surface area contributed by atoms with Crippen LogP contribution in [0.5, 0.6) is 0 Å². The molecule has 0 saturated heterocycles. The lowest BCUT2D eigenvalue weighted by Crippen LogP contribution is -2.47. The summed E-state index contributed by atoms with van der Waals surface area (Å²) < 4.78 is 5.26. The van der Waals surface area contributed by atoms with Crippen LogP contribution in [-0.2, 0) is 19.1 Å². The molecule has 0 aromatic carbocycles. The fourth-order valence-corrected chi connectivity index (χ4v) is 1.51. The Morgan fingerprint density at radius 2 is 1.70 bits per heavy atom. The first kappa shape index (κ1) is 18.4. The highest BCUT2D eigenvalue weighted by molar-refractivity contribution is 5.85. The summed E-state index contributed by atoms with van der Waals surface area (Å²) in [4.78, 5) is 34.1. The molecule has 20 heavy (non-hydrogen) atoms. The largest absolute Gasteiger partial charge is 0.481 e. The highest BCUT2D eigenvalue weighted by Gasteiger charge is 2.28. The van der Waals surface area contributed by atoms with Crippen molar-refractivity contribution < 1.29 is 24.2 Å². The number of carboxylic acid groups (broad SMARTS) is 1. The molecule has 2 N–H and O–H groups in total. The maximum atomic E-state index is 12.0. The number of carbonyl (C=O) groups is 3. The summed E-state index contributed by atoms with van der Waals surface area (Å²) in [5.41, 5.74) is -0.613. The highest BCUT2D eigenvalue weighted by atomic mass is 16.6. The van der Waals surface area contributed by atoms with Crippen LogP contribution in [0.25, 0.3) is 0 Å². The summed E-state index contributed by atoms with van der Waals surface area (Å²) >= 11 is 0. The number of hydrogen-bond acceptors (Lipinski definition) is 4. The van der Waals surface area contributed by atoms with E-state index < -0.39 is 23.6 Å². The van der Waals surface area contributed by atoms with E-state index in [1.165, 1.54) is 0 Å². The molecule has 116 valence electrons. The molecule has 0 heterocycles. The Morgan fingerprint density at radius 3 is 2.10 bits per heavy atom. The van der Waals surface area contributed by atoms with Crippen LogP contribution < -0.4 is 5.32 Å². The minimum absolute atomic E-state index is 0.0633. The van der Waals surface area contributed by atoms with Gasteiger partial charge in [-0.3, -0.25) is 9.59 Å². The number of esters is 1. The normalized spacial score (nSPS) is 12.9. The molecule has 0 radical (unpaired) electrons. The Balaban J connectivity index is 4.44. The third-order valence-electron chi connectivity index (χ3n) is 2.44.